The first-order valence-corrected chi connectivity index (χ1v) is 7.79. The number of ether oxygens (including phenoxy) is 1. The minimum absolute atomic E-state index is 0.121. The van der Waals surface area contributed by atoms with E-state index in [0.717, 1.165) is 11.0 Å². The van der Waals surface area contributed by atoms with Crippen LogP contribution < -0.4 is 9.64 Å². The number of tetrazole rings is 1. The Morgan fingerprint density at radius 2 is 2.00 bits per heavy atom. The molecule has 27 heavy (non-hydrogen) atoms. The van der Waals surface area contributed by atoms with Crippen molar-refractivity contribution in [2.75, 3.05) is 11.9 Å². The zero-order valence-electron chi connectivity index (χ0n) is 13.7. The quantitative estimate of drug-likeness (QED) is 0.668. The van der Waals surface area contributed by atoms with Crippen molar-refractivity contribution in [2.45, 2.75) is 6.18 Å². The molecule has 0 unspecified atom stereocenters. The molecule has 0 saturated heterocycles. The number of carbonyl (C=O) groups is 1. The van der Waals surface area contributed by atoms with Crippen molar-refractivity contribution in [3.8, 4) is 11.4 Å². The summed E-state index contributed by atoms with van der Waals surface area (Å²) in [5, 5.41) is 10.6. The molecule has 0 N–H and O–H groups in total. The lowest BCUT2D eigenvalue weighted by atomic mass is 10.2. The number of aromatic nitrogens is 4. The lowest BCUT2D eigenvalue weighted by Gasteiger charge is -2.19. The number of benzene rings is 2. The van der Waals surface area contributed by atoms with Gasteiger partial charge in [-0.05, 0) is 46.8 Å². The molecule has 0 aliphatic carbocycles. The van der Waals surface area contributed by atoms with Gasteiger partial charge in [-0.1, -0.05) is 17.7 Å². The predicted octanol–water partition coefficient (Wildman–Crippen LogP) is 3.97. The smallest absolute Gasteiger partial charge is 0.409 e. The summed E-state index contributed by atoms with van der Waals surface area (Å²) >= 11 is 5.61. The van der Waals surface area contributed by atoms with Crippen LogP contribution in [-0.2, 0) is 6.18 Å². The molecule has 0 aliphatic rings. The fourth-order valence-corrected chi connectivity index (χ4v) is 2.38. The Bertz CT molecular complexity index is 963. The summed E-state index contributed by atoms with van der Waals surface area (Å²) in [7, 11) is 1.37. The van der Waals surface area contributed by atoms with Crippen molar-refractivity contribution in [3.05, 3.63) is 59.4 Å². The molecule has 0 spiro atoms. The van der Waals surface area contributed by atoms with Gasteiger partial charge in [-0.15, -0.1) is 5.10 Å². The van der Waals surface area contributed by atoms with Crippen molar-refractivity contribution in [3.63, 3.8) is 0 Å². The van der Waals surface area contributed by atoms with Gasteiger partial charge in [-0.3, -0.25) is 4.90 Å². The van der Waals surface area contributed by atoms with Gasteiger partial charge >= 0.3 is 12.3 Å². The van der Waals surface area contributed by atoms with Crippen LogP contribution in [0.1, 0.15) is 5.56 Å². The van der Waals surface area contributed by atoms with Gasteiger partial charge in [0.15, 0.2) is 0 Å². The maximum absolute atomic E-state index is 13.1. The van der Waals surface area contributed by atoms with E-state index in [4.69, 9.17) is 16.3 Å². The minimum Gasteiger partial charge on any atom is -0.409 e. The first-order chi connectivity index (χ1) is 12.8. The Balaban J connectivity index is 1.84. The number of alkyl halides is 3. The third-order valence-corrected chi connectivity index (χ3v) is 3.78. The van der Waals surface area contributed by atoms with E-state index in [0.29, 0.717) is 17.4 Å². The highest BCUT2D eigenvalue weighted by Gasteiger charge is 2.35. The van der Waals surface area contributed by atoms with Crippen LogP contribution in [0.2, 0.25) is 5.02 Å². The average molecular weight is 398 g/mol. The SMILES string of the molecule is CN(C(=O)Oc1ccc(Cl)cc1C(F)(F)F)c1cccc(-n2cnnn2)c1. The van der Waals surface area contributed by atoms with E-state index in [1.807, 2.05) is 0 Å². The molecule has 11 heteroatoms. The van der Waals surface area contributed by atoms with Gasteiger partial charge in [0.1, 0.15) is 12.1 Å². The molecule has 3 aromatic rings. The second-order valence-electron chi connectivity index (χ2n) is 5.34. The minimum atomic E-state index is -4.72. The predicted molar refractivity (Wildman–Crippen MR) is 90.0 cm³/mol. The van der Waals surface area contributed by atoms with Crippen LogP contribution in [0.15, 0.2) is 48.8 Å². The molecule has 0 bridgehead atoms. The summed E-state index contributed by atoms with van der Waals surface area (Å²) in [5.74, 6) is -0.639. The molecule has 140 valence electrons. The van der Waals surface area contributed by atoms with E-state index in [2.05, 4.69) is 15.5 Å². The summed E-state index contributed by atoms with van der Waals surface area (Å²) in [4.78, 5) is 13.4. The standard InChI is InChI=1S/C16H11ClF3N5O2/c1-24(11-3-2-4-12(8-11)25-9-21-22-23-25)15(26)27-14-6-5-10(17)7-13(14)16(18,19)20/h2-9H,1H3. The Hall–Kier alpha value is -3.14. The Morgan fingerprint density at radius 1 is 1.22 bits per heavy atom. The fourth-order valence-electron chi connectivity index (χ4n) is 2.20. The van der Waals surface area contributed by atoms with Gasteiger partial charge in [0.2, 0.25) is 0 Å². The van der Waals surface area contributed by atoms with Gasteiger partial charge in [0.25, 0.3) is 0 Å². The fraction of sp³-hybridized carbons (Fsp3) is 0.125. The first kappa shape index (κ1) is 18.6. The molecular weight excluding hydrogens is 387 g/mol. The van der Waals surface area contributed by atoms with E-state index >= 15 is 0 Å². The number of nitrogens with zero attached hydrogens (tertiary/aromatic N) is 5. The van der Waals surface area contributed by atoms with Crippen molar-refractivity contribution in [2.24, 2.45) is 0 Å². The van der Waals surface area contributed by atoms with Crippen LogP contribution in [0, 0.1) is 0 Å². The van der Waals surface area contributed by atoms with Crippen LogP contribution in [-0.4, -0.2) is 33.3 Å². The highest BCUT2D eigenvalue weighted by atomic mass is 35.5. The van der Waals surface area contributed by atoms with E-state index < -0.39 is 23.6 Å². The van der Waals surface area contributed by atoms with E-state index in [9.17, 15) is 18.0 Å². The van der Waals surface area contributed by atoms with Gasteiger partial charge in [0, 0.05) is 17.8 Å². The van der Waals surface area contributed by atoms with Gasteiger partial charge in [0.05, 0.1) is 11.3 Å². The van der Waals surface area contributed by atoms with E-state index in [1.54, 1.807) is 24.3 Å². The molecule has 1 heterocycles. The highest BCUT2D eigenvalue weighted by Crippen LogP contribution is 2.38. The molecule has 0 aliphatic heterocycles. The van der Waals surface area contributed by atoms with Crippen LogP contribution in [0.25, 0.3) is 5.69 Å². The van der Waals surface area contributed by atoms with Crippen molar-refractivity contribution >= 4 is 23.4 Å². The number of hydrogen-bond acceptors (Lipinski definition) is 5. The van der Waals surface area contributed by atoms with Crippen LogP contribution >= 0.6 is 11.6 Å². The molecule has 7 nitrogen and oxygen atoms in total. The van der Waals surface area contributed by atoms with Gasteiger partial charge in [-0.2, -0.15) is 13.2 Å². The molecule has 1 aromatic heterocycles. The number of hydrogen-bond donors (Lipinski definition) is 0. The summed E-state index contributed by atoms with van der Waals surface area (Å²) < 4.78 is 45.7. The summed E-state index contributed by atoms with van der Waals surface area (Å²) in [6.45, 7) is 0. The Labute approximate surface area is 155 Å². The number of carbonyl (C=O) groups excluding carboxylic acids is 1. The molecule has 2 aromatic carbocycles. The van der Waals surface area contributed by atoms with Crippen LogP contribution in [0.4, 0.5) is 23.7 Å². The van der Waals surface area contributed by atoms with Crippen molar-refractivity contribution in [1.29, 1.82) is 0 Å². The molecule has 0 fully saturated rings. The topological polar surface area (TPSA) is 73.1 Å². The molecule has 1 amide bonds. The third kappa shape index (κ3) is 4.17. The molecule has 0 radical (unpaired) electrons. The second-order valence-corrected chi connectivity index (χ2v) is 5.78. The van der Waals surface area contributed by atoms with Crippen LogP contribution in [0.5, 0.6) is 5.75 Å². The third-order valence-electron chi connectivity index (χ3n) is 3.55. The summed E-state index contributed by atoms with van der Waals surface area (Å²) in [6, 6.07) is 9.39. The maximum atomic E-state index is 13.1. The van der Waals surface area contributed by atoms with Crippen LogP contribution in [0.3, 0.4) is 0 Å². The summed E-state index contributed by atoms with van der Waals surface area (Å²) in [5.41, 5.74) is -0.214. The molecule has 0 atom stereocenters. The number of rotatable bonds is 3. The molecular formula is C16H11ClF3N5O2. The normalized spacial score (nSPS) is 11.3. The monoisotopic (exact) mass is 397 g/mol. The lowest BCUT2D eigenvalue weighted by Crippen LogP contribution is -2.30. The number of anilines is 1. The van der Waals surface area contributed by atoms with Gasteiger partial charge in [-0.25, -0.2) is 9.48 Å². The Kier molecular flexibility index (Phi) is 5.00. The zero-order chi connectivity index (χ0) is 19.6. The molecule has 3 rings (SSSR count). The summed E-state index contributed by atoms with van der Waals surface area (Å²) in [6.07, 6.45) is -4.36. The zero-order valence-corrected chi connectivity index (χ0v) is 14.4. The highest BCUT2D eigenvalue weighted by molar-refractivity contribution is 6.30. The molecule has 0 saturated carbocycles. The Morgan fingerprint density at radius 3 is 2.67 bits per heavy atom. The van der Waals surface area contributed by atoms with E-state index in [-0.39, 0.29) is 5.02 Å². The maximum Gasteiger partial charge on any atom is 0.420 e. The average Bonchev–Trinajstić information content (AvgIpc) is 3.16. The number of amides is 1. The lowest BCUT2D eigenvalue weighted by molar-refractivity contribution is -0.138. The van der Waals surface area contributed by atoms with Crippen molar-refractivity contribution in [1.82, 2.24) is 20.2 Å². The second kappa shape index (κ2) is 7.23. The largest absolute Gasteiger partial charge is 0.420 e. The van der Waals surface area contributed by atoms with Crippen molar-refractivity contribution < 1.29 is 22.7 Å². The number of halogens is 4. The van der Waals surface area contributed by atoms with E-state index in [1.165, 1.54) is 24.1 Å². The first-order valence-electron chi connectivity index (χ1n) is 7.41. The van der Waals surface area contributed by atoms with Gasteiger partial charge < -0.3 is 4.74 Å².